The summed E-state index contributed by atoms with van der Waals surface area (Å²) in [7, 11) is -3.55. The number of hydrogen-bond donors (Lipinski definition) is 1. The largest absolute Gasteiger partial charge is 0.349 e. The van der Waals surface area contributed by atoms with Crippen molar-refractivity contribution in [3.63, 3.8) is 0 Å². The Morgan fingerprint density at radius 2 is 1.80 bits per heavy atom. The highest BCUT2D eigenvalue weighted by Crippen LogP contribution is 2.25. The molecule has 1 fully saturated rings. The van der Waals surface area contributed by atoms with Crippen LogP contribution in [0, 0.1) is 18.8 Å². The number of carbonyl (C=O) groups is 1. The maximum atomic E-state index is 12.9. The Balaban J connectivity index is 2.27. The number of piperidine rings is 1. The van der Waals surface area contributed by atoms with Gasteiger partial charge >= 0.3 is 0 Å². The van der Waals surface area contributed by atoms with E-state index >= 15 is 0 Å². The average Bonchev–Trinajstić information content (AvgIpc) is 2.55. The van der Waals surface area contributed by atoms with Gasteiger partial charge in [0.2, 0.25) is 10.0 Å². The van der Waals surface area contributed by atoms with Crippen LogP contribution >= 0.6 is 0 Å². The van der Waals surface area contributed by atoms with Gasteiger partial charge in [-0.25, -0.2) is 8.42 Å². The van der Waals surface area contributed by atoms with E-state index in [1.807, 2.05) is 27.7 Å². The SMILES string of the molecule is Cc1ccc(S(=O)(=O)N2CCC(C)CC2)cc1C(=O)NC(C)C(C)C. The van der Waals surface area contributed by atoms with E-state index in [4.69, 9.17) is 0 Å². The summed E-state index contributed by atoms with van der Waals surface area (Å²) in [6.45, 7) is 11.1. The van der Waals surface area contributed by atoms with Gasteiger partial charge in [-0.2, -0.15) is 4.31 Å². The summed E-state index contributed by atoms with van der Waals surface area (Å²) < 4.78 is 27.3. The third-order valence-corrected chi connectivity index (χ3v) is 7.09. The standard InChI is InChI=1S/C19H30N2O3S/c1-13(2)16(5)20-19(22)18-12-17(7-6-15(18)4)25(23,24)21-10-8-14(3)9-11-21/h6-7,12-14,16H,8-11H2,1-5H3,(H,20,22). The Labute approximate surface area is 151 Å². The minimum absolute atomic E-state index is 0.0238. The van der Waals surface area contributed by atoms with E-state index < -0.39 is 10.0 Å². The third kappa shape index (κ3) is 4.61. The van der Waals surface area contributed by atoms with Crippen LogP contribution in [-0.2, 0) is 10.0 Å². The zero-order valence-electron chi connectivity index (χ0n) is 15.9. The van der Waals surface area contributed by atoms with Gasteiger partial charge in [-0.05, 0) is 56.2 Å². The Morgan fingerprint density at radius 3 is 2.36 bits per heavy atom. The summed E-state index contributed by atoms with van der Waals surface area (Å²) in [5.41, 5.74) is 1.21. The van der Waals surface area contributed by atoms with E-state index in [0.717, 1.165) is 18.4 Å². The lowest BCUT2D eigenvalue weighted by molar-refractivity contribution is 0.0929. The minimum Gasteiger partial charge on any atom is -0.349 e. The highest BCUT2D eigenvalue weighted by atomic mass is 32.2. The zero-order valence-corrected chi connectivity index (χ0v) is 16.7. The molecule has 5 nitrogen and oxygen atoms in total. The monoisotopic (exact) mass is 366 g/mol. The first-order valence-corrected chi connectivity index (χ1v) is 10.5. The molecule has 25 heavy (non-hydrogen) atoms. The van der Waals surface area contributed by atoms with E-state index in [9.17, 15) is 13.2 Å². The second-order valence-electron chi connectivity index (χ2n) is 7.57. The minimum atomic E-state index is -3.55. The summed E-state index contributed by atoms with van der Waals surface area (Å²) >= 11 is 0. The van der Waals surface area contributed by atoms with Crippen molar-refractivity contribution < 1.29 is 13.2 Å². The van der Waals surface area contributed by atoms with Crippen molar-refractivity contribution in [3.8, 4) is 0 Å². The molecule has 140 valence electrons. The number of nitrogens with one attached hydrogen (secondary N) is 1. The van der Waals surface area contributed by atoms with Crippen LogP contribution in [0.3, 0.4) is 0 Å². The molecule has 0 spiro atoms. The molecule has 1 aliphatic rings. The van der Waals surface area contributed by atoms with Gasteiger partial charge in [-0.1, -0.05) is 26.8 Å². The number of aryl methyl sites for hydroxylation is 1. The van der Waals surface area contributed by atoms with Crippen molar-refractivity contribution in [3.05, 3.63) is 29.3 Å². The normalized spacial score (nSPS) is 18.3. The van der Waals surface area contributed by atoms with Crippen LogP contribution in [0.15, 0.2) is 23.1 Å². The van der Waals surface area contributed by atoms with Crippen LogP contribution in [-0.4, -0.2) is 37.8 Å². The summed E-state index contributed by atoms with van der Waals surface area (Å²) in [5.74, 6) is 0.651. The van der Waals surface area contributed by atoms with Crippen LogP contribution in [0.25, 0.3) is 0 Å². The number of hydrogen-bond acceptors (Lipinski definition) is 3. The first-order chi connectivity index (χ1) is 11.6. The molecule has 0 aliphatic carbocycles. The van der Waals surface area contributed by atoms with E-state index in [1.54, 1.807) is 12.1 Å². The third-order valence-electron chi connectivity index (χ3n) is 5.19. The first-order valence-electron chi connectivity index (χ1n) is 9.04. The Morgan fingerprint density at radius 1 is 1.20 bits per heavy atom. The first kappa shape index (κ1) is 19.9. The Kier molecular flexibility index (Phi) is 6.27. The summed E-state index contributed by atoms with van der Waals surface area (Å²) in [5, 5.41) is 2.95. The van der Waals surface area contributed by atoms with E-state index in [2.05, 4.69) is 12.2 Å². The molecule has 1 aromatic rings. The molecule has 0 aromatic heterocycles. The molecule has 1 N–H and O–H groups in total. The van der Waals surface area contributed by atoms with Crippen molar-refractivity contribution in [2.45, 2.75) is 58.4 Å². The molecule has 2 rings (SSSR count). The Hall–Kier alpha value is -1.40. The predicted octanol–water partition coefficient (Wildman–Crippen LogP) is 3.19. The van der Waals surface area contributed by atoms with Crippen molar-refractivity contribution in [2.24, 2.45) is 11.8 Å². The highest BCUT2D eigenvalue weighted by molar-refractivity contribution is 7.89. The fourth-order valence-corrected chi connectivity index (χ4v) is 4.33. The van der Waals surface area contributed by atoms with Gasteiger partial charge < -0.3 is 5.32 Å². The van der Waals surface area contributed by atoms with Crippen LogP contribution in [0.2, 0.25) is 0 Å². The second-order valence-corrected chi connectivity index (χ2v) is 9.51. The Bertz CT molecular complexity index is 720. The zero-order chi connectivity index (χ0) is 18.8. The molecular formula is C19H30N2O3S. The summed E-state index contributed by atoms with van der Waals surface area (Å²) in [4.78, 5) is 12.8. The molecule has 1 unspecified atom stereocenters. The van der Waals surface area contributed by atoms with Crippen LogP contribution < -0.4 is 5.32 Å². The van der Waals surface area contributed by atoms with Gasteiger partial charge in [0.1, 0.15) is 0 Å². The lowest BCUT2D eigenvalue weighted by Gasteiger charge is -2.29. The van der Waals surface area contributed by atoms with Crippen molar-refractivity contribution in [2.75, 3.05) is 13.1 Å². The maximum absolute atomic E-state index is 12.9. The molecule has 1 heterocycles. The topological polar surface area (TPSA) is 66.5 Å². The van der Waals surface area contributed by atoms with Crippen molar-refractivity contribution >= 4 is 15.9 Å². The molecule has 0 bridgehead atoms. The van der Waals surface area contributed by atoms with Crippen LogP contribution in [0.5, 0.6) is 0 Å². The van der Waals surface area contributed by atoms with Crippen molar-refractivity contribution in [1.82, 2.24) is 9.62 Å². The lowest BCUT2D eigenvalue weighted by Crippen LogP contribution is -2.38. The molecule has 1 saturated heterocycles. The fourth-order valence-electron chi connectivity index (χ4n) is 2.83. The molecular weight excluding hydrogens is 336 g/mol. The molecule has 6 heteroatoms. The van der Waals surface area contributed by atoms with E-state index in [0.29, 0.717) is 30.5 Å². The van der Waals surface area contributed by atoms with Gasteiger partial charge in [0.15, 0.2) is 0 Å². The number of benzene rings is 1. The molecule has 1 aliphatic heterocycles. The number of carbonyl (C=O) groups excluding carboxylic acids is 1. The predicted molar refractivity (Wildman–Crippen MR) is 100 cm³/mol. The maximum Gasteiger partial charge on any atom is 0.251 e. The molecule has 1 aromatic carbocycles. The van der Waals surface area contributed by atoms with Gasteiger partial charge in [-0.15, -0.1) is 0 Å². The van der Waals surface area contributed by atoms with E-state index in [1.165, 1.54) is 10.4 Å². The average molecular weight is 367 g/mol. The smallest absolute Gasteiger partial charge is 0.251 e. The van der Waals surface area contributed by atoms with Crippen LogP contribution in [0.1, 0.15) is 56.5 Å². The molecule has 0 saturated carbocycles. The molecule has 1 atom stereocenters. The highest BCUT2D eigenvalue weighted by Gasteiger charge is 2.29. The van der Waals surface area contributed by atoms with Gasteiger partial charge in [0.25, 0.3) is 5.91 Å². The fraction of sp³-hybridized carbons (Fsp3) is 0.632. The number of sulfonamides is 1. The molecule has 0 radical (unpaired) electrons. The number of rotatable bonds is 5. The number of nitrogens with zero attached hydrogens (tertiary/aromatic N) is 1. The molecule has 1 amide bonds. The van der Waals surface area contributed by atoms with Crippen molar-refractivity contribution in [1.29, 1.82) is 0 Å². The lowest BCUT2D eigenvalue weighted by atomic mass is 10.0. The van der Waals surface area contributed by atoms with Gasteiger partial charge in [-0.3, -0.25) is 4.79 Å². The van der Waals surface area contributed by atoms with Gasteiger partial charge in [0, 0.05) is 24.7 Å². The van der Waals surface area contributed by atoms with E-state index in [-0.39, 0.29) is 16.8 Å². The quantitative estimate of drug-likeness (QED) is 0.870. The second kappa shape index (κ2) is 7.87. The summed E-state index contributed by atoms with van der Waals surface area (Å²) in [6, 6.07) is 4.86. The van der Waals surface area contributed by atoms with Gasteiger partial charge in [0.05, 0.1) is 4.90 Å². The number of amides is 1. The van der Waals surface area contributed by atoms with Crippen LogP contribution in [0.4, 0.5) is 0 Å². The summed E-state index contributed by atoms with van der Waals surface area (Å²) in [6.07, 6.45) is 1.76.